The van der Waals surface area contributed by atoms with E-state index in [-0.39, 0.29) is 17.7 Å². The van der Waals surface area contributed by atoms with Crippen LogP contribution in [0.25, 0.3) is 0 Å². The minimum Gasteiger partial charge on any atom is -0.355 e. The van der Waals surface area contributed by atoms with Crippen molar-refractivity contribution in [1.29, 1.82) is 0 Å². The fourth-order valence-electron chi connectivity index (χ4n) is 3.93. The Hall–Kier alpha value is -2.48. The number of nitrogens with zero attached hydrogens (tertiary/aromatic N) is 4. The highest BCUT2D eigenvalue weighted by molar-refractivity contribution is 7.19. The molecule has 2 amide bonds. The van der Waals surface area contributed by atoms with Crippen LogP contribution in [-0.4, -0.2) is 48.2 Å². The van der Waals surface area contributed by atoms with Gasteiger partial charge in [-0.15, -0.1) is 10.2 Å². The van der Waals surface area contributed by atoms with E-state index < -0.39 is 0 Å². The Balaban J connectivity index is 1.25. The van der Waals surface area contributed by atoms with Gasteiger partial charge in [-0.25, -0.2) is 0 Å². The number of nitrogens with one attached hydrogen (secondary N) is 1. The van der Waals surface area contributed by atoms with E-state index in [0.717, 1.165) is 44.0 Å². The molecule has 0 saturated carbocycles. The third-order valence-corrected chi connectivity index (χ3v) is 6.80. The zero-order chi connectivity index (χ0) is 20.2. The second-order valence-corrected chi connectivity index (χ2v) is 8.77. The first-order valence-electron chi connectivity index (χ1n) is 10.3. The van der Waals surface area contributed by atoms with Gasteiger partial charge in [0.2, 0.25) is 22.1 Å². The summed E-state index contributed by atoms with van der Waals surface area (Å²) in [6.45, 7) is 5.10. The molecule has 1 N–H and O–H groups in total. The smallest absolute Gasteiger partial charge is 0.228 e. The number of hydrogen-bond acceptors (Lipinski definition) is 6. The molecule has 0 bridgehead atoms. The summed E-state index contributed by atoms with van der Waals surface area (Å²) in [5.41, 5.74) is 1.24. The molecule has 0 aliphatic carbocycles. The van der Waals surface area contributed by atoms with Crippen LogP contribution in [-0.2, 0) is 9.59 Å². The van der Waals surface area contributed by atoms with Gasteiger partial charge in [0, 0.05) is 38.5 Å². The number of piperidine rings is 1. The Bertz CT molecular complexity index is 848. The molecule has 4 rings (SSSR count). The molecular formula is C21H27N5O2S. The van der Waals surface area contributed by atoms with Crippen LogP contribution in [0.4, 0.5) is 10.3 Å². The van der Waals surface area contributed by atoms with Gasteiger partial charge in [-0.2, -0.15) is 0 Å². The van der Waals surface area contributed by atoms with Crippen LogP contribution in [0.15, 0.2) is 30.3 Å². The van der Waals surface area contributed by atoms with Crippen molar-refractivity contribution < 1.29 is 9.59 Å². The van der Waals surface area contributed by atoms with Crippen LogP contribution in [0.5, 0.6) is 0 Å². The number of carbonyl (C=O) groups excluding carboxylic acids is 2. The van der Waals surface area contributed by atoms with E-state index in [1.54, 1.807) is 4.90 Å². The molecule has 0 spiro atoms. The molecule has 2 aromatic rings. The second-order valence-electron chi connectivity index (χ2n) is 7.83. The average molecular weight is 414 g/mol. The molecular weight excluding hydrogens is 386 g/mol. The van der Waals surface area contributed by atoms with Crippen molar-refractivity contribution in [2.45, 2.75) is 38.5 Å². The van der Waals surface area contributed by atoms with Crippen LogP contribution >= 0.6 is 11.3 Å². The first-order chi connectivity index (χ1) is 14.1. The summed E-state index contributed by atoms with van der Waals surface area (Å²) in [7, 11) is 0. The maximum atomic E-state index is 12.6. The molecule has 1 aromatic heterocycles. The first kappa shape index (κ1) is 19.8. The predicted octanol–water partition coefficient (Wildman–Crippen LogP) is 2.80. The summed E-state index contributed by atoms with van der Waals surface area (Å²) < 4.78 is 0. The van der Waals surface area contributed by atoms with Gasteiger partial charge >= 0.3 is 0 Å². The topological polar surface area (TPSA) is 78.4 Å². The summed E-state index contributed by atoms with van der Waals surface area (Å²) in [5.74, 6) is 0.621. The van der Waals surface area contributed by atoms with E-state index in [2.05, 4.69) is 39.5 Å². The lowest BCUT2D eigenvalue weighted by Crippen LogP contribution is -2.41. The van der Waals surface area contributed by atoms with E-state index in [9.17, 15) is 9.59 Å². The lowest BCUT2D eigenvalue weighted by atomic mass is 9.95. The maximum Gasteiger partial charge on any atom is 0.228 e. The van der Waals surface area contributed by atoms with Gasteiger partial charge in [-0.05, 0) is 30.7 Å². The molecule has 0 radical (unpaired) electrons. The summed E-state index contributed by atoms with van der Waals surface area (Å²) in [6.07, 6.45) is 3.10. The van der Waals surface area contributed by atoms with Crippen LogP contribution < -0.4 is 15.1 Å². The SMILES string of the molecule is C[C@H](CNC(=O)C1CCN(c2nnc(N3CCCC3=O)s2)CC1)c1ccccc1. The summed E-state index contributed by atoms with van der Waals surface area (Å²) in [5, 5.41) is 13.2. The van der Waals surface area contributed by atoms with Gasteiger partial charge in [0.1, 0.15) is 0 Å². The van der Waals surface area contributed by atoms with Crippen molar-refractivity contribution in [1.82, 2.24) is 15.5 Å². The molecule has 2 aliphatic rings. The zero-order valence-electron chi connectivity index (χ0n) is 16.7. The van der Waals surface area contributed by atoms with Gasteiger partial charge in [-0.1, -0.05) is 48.6 Å². The predicted molar refractivity (Wildman–Crippen MR) is 114 cm³/mol. The quantitative estimate of drug-likeness (QED) is 0.788. The van der Waals surface area contributed by atoms with Gasteiger partial charge in [0.15, 0.2) is 0 Å². The van der Waals surface area contributed by atoms with Crippen LogP contribution in [0.3, 0.4) is 0 Å². The third kappa shape index (κ3) is 4.58. The Kier molecular flexibility index (Phi) is 6.08. The Labute approximate surface area is 175 Å². The number of aromatic nitrogens is 2. The molecule has 1 aromatic carbocycles. The van der Waals surface area contributed by atoms with E-state index in [4.69, 9.17) is 0 Å². The van der Waals surface area contributed by atoms with Crippen LogP contribution in [0, 0.1) is 5.92 Å². The van der Waals surface area contributed by atoms with Crippen molar-refractivity contribution in [3.8, 4) is 0 Å². The number of rotatable bonds is 6. The highest BCUT2D eigenvalue weighted by atomic mass is 32.1. The zero-order valence-corrected chi connectivity index (χ0v) is 17.5. The molecule has 3 heterocycles. The monoisotopic (exact) mass is 413 g/mol. The van der Waals surface area contributed by atoms with Crippen molar-refractivity contribution >= 4 is 33.4 Å². The van der Waals surface area contributed by atoms with Crippen molar-refractivity contribution in [3.05, 3.63) is 35.9 Å². The standard InChI is InChI=1S/C21H27N5O2S/c1-15(16-6-3-2-4-7-16)14-22-19(28)17-9-12-25(13-10-17)20-23-24-21(29-20)26-11-5-8-18(26)27/h2-4,6-7,15,17H,5,8-14H2,1H3,(H,22,28)/t15-/m1/s1. The fourth-order valence-corrected chi connectivity index (χ4v) is 4.87. The van der Waals surface area contributed by atoms with Crippen molar-refractivity contribution in [2.75, 3.05) is 36.0 Å². The normalized spacial score (nSPS) is 18.9. The molecule has 2 saturated heterocycles. The lowest BCUT2D eigenvalue weighted by Gasteiger charge is -2.31. The summed E-state index contributed by atoms with van der Waals surface area (Å²) in [4.78, 5) is 28.4. The summed E-state index contributed by atoms with van der Waals surface area (Å²) >= 11 is 1.47. The van der Waals surface area contributed by atoms with Gasteiger partial charge in [-0.3, -0.25) is 14.5 Å². The highest BCUT2D eigenvalue weighted by Gasteiger charge is 2.29. The Morgan fingerprint density at radius 2 is 1.90 bits per heavy atom. The van der Waals surface area contributed by atoms with Crippen molar-refractivity contribution in [2.24, 2.45) is 5.92 Å². The van der Waals surface area contributed by atoms with E-state index in [1.165, 1.54) is 16.9 Å². The van der Waals surface area contributed by atoms with E-state index in [0.29, 0.717) is 24.0 Å². The molecule has 8 heteroatoms. The van der Waals surface area contributed by atoms with Gasteiger partial charge < -0.3 is 10.2 Å². The molecule has 154 valence electrons. The molecule has 2 aliphatic heterocycles. The number of benzene rings is 1. The minimum absolute atomic E-state index is 0.0433. The molecule has 7 nitrogen and oxygen atoms in total. The second kappa shape index (κ2) is 8.90. The maximum absolute atomic E-state index is 12.6. The third-order valence-electron chi connectivity index (χ3n) is 5.80. The molecule has 1 atom stereocenters. The van der Waals surface area contributed by atoms with Crippen molar-refractivity contribution in [3.63, 3.8) is 0 Å². The first-order valence-corrected chi connectivity index (χ1v) is 11.1. The number of carbonyl (C=O) groups is 2. The largest absolute Gasteiger partial charge is 0.355 e. The van der Waals surface area contributed by atoms with Gasteiger partial charge in [0.25, 0.3) is 0 Å². The molecule has 2 fully saturated rings. The van der Waals surface area contributed by atoms with Crippen LogP contribution in [0.1, 0.15) is 44.1 Å². The number of amides is 2. The molecule has 0 unspecified atom stereocenters. The minimum atomic E-state index is 0.0433. The Morgan fingerprint density at radius 3 is 2.59 bits per heavy atom. The van der Waals surface area contributed by atoms with Gasteiger partial charge in [0.05, 0.1) is 0 Å². The lowest BCUT2D eigenvalue weighted by molar-refractivity contribution is -0.125. The Morgan fingerprint density at radius 1 is 1.17 bits per heavy atom. The van der Waals surface area contributed by atoms with Crippen LogP contribution in [0.2, 0.25) is 0 Å². The average Bonchev–Trinajstić information content (AvgIpc) is 3.41. The molecule has 29 heavy (non-hydrogen) atoms. The fraction of sp³-hybridized carbons (Fsp3) is 0.524. The van der Waals surface area contributed by atoms with E-state index in [1.807, 2.05) is 18.2 Å². The summed E-state index contributed by atoms with van der Waals surface area (Å²) in [6, 6.07) is 10.3. The highest BCUT2D eigenvalue weighted by Crippen LogP contribution is 2.32. The number of anilines is 2. The number of hydrogen-bond donors (Lipinski definition) is 1. The van der Waals surface area contributed by atoms with E-state index >= 15 is 0 Å².